The molecule has 2 heterocycles. The number of hydrogen-bond donors (Lipinski definition) is 1. The first-order valence-electron chi connectivity index (χ1n) is 13.6. The summed E-state index contributed by atoms with van der Waals surface area (Å²) in [6.45, 7) is 4.08. The largest absolute Gasteiger partial charge is 0.457 e. The van der Waals surface area contributed by atoms with Crippen molar-refractivity contribution in [3.05, 3.63) is 71.8 Å². The maximum atomic E-state index is 13.0. The zero-order valence-electron chi connectivity index (χ0n) is 22.3. The number of rotatable bonds is 12. The number of carbonyl (C=O) groups excluding carboxylic acids is 2. The first kappa shape index (κ1) is 28.2. The fraction of sp³-hybridized carbons (Fsp3) is 0.533. The lowest BCUT2D eigenvalue weighted by Gasteiger charge is -2.48. The Morgan fingerprint density at radius 2 is 1.66 bits per heavy atom. The minimum Gasteiger partial charge on any atom is -0.457 e. The molecule has 1 N–H and O–H groups in total. The van der Waals surface area contributed by atoms with Crippen molar-refractivity contribution in [2.75, 3.05) is 6.61 Å². The normalized spacial score (nSPS) is 26.8. The number of benzene rings is 2. The van der Waals surface area contributed by atoms with Crippen molar-refractivity contribution in [2.24, 2.45) is 0 Å². The van der Waals surface area contributed by atoms with Crippen LogP contribution in [0.1, 0.15) is 69.8 Å². The smallest absolute Gasteiger partial charge is 0.306 e. The molecule has 2 aromatic carbocycles. The summed E-state index contributed by atoms with van der Waals surface area (Å²) in [4.78, 5) is 25.2. The van der Waals surface area contributed by atoms with Gasteiger partial charge in [0.15, 0.2) is 18.7 Å². The van der Waals surface area contributed by atoms with Gasteiger partial charge in [0.25, 0.3) is 0 Å². The molecule has 38 heavy (non-hydrogen) atoms. The standard InChI is InChI=1S/C30H39NO7/c1-3-4-5-6-13-18-25(33)37-28-26(31-21(2)32)30(34-19-22-14-9-7-10-15-22)36-24-20-35-29(38-27(24)28)23-16-11-8-12-17-23/h7-12,14-17,24,26-30H,3-6,13,18-20H2,1-2H3,(H,31,32)/t24-,26-,27+,28-,29-,30+/m0/s1. The van der Waals surface area contributed by atoms with Crippen molar-refractivity contribution in [3.63, 3.8) is 0 Å². The van der Waals surface area contributed by atoms with Crippen LogP contribution in [0.3, 0.4) is 0 Å². The summed E-state index contributed by atoms with van der Waals surface area (Å²) in [7, 11) is 0. The number of nitrogens with one attached hydrogen (secondary N) is 1. The number of unbranched alkanes of at least 4 members (excludes halogenated alkanes) is 4. The van der Waals surface area contributed by atoms with Gasteiger partial charge < -0.3 is 29.0 Å². The summed E-state index contributed by atoms with van der Waals surface area (Å²) in [6.07, 6.45) is 1.92. The molecular weight excluding hydrogens is 486 g/mol. The van der Waals surface area contributed by atoms with E-state index in [0.717, 1.165) is 43.2 Å². The molecular formula is C30H39NO7. The molecule has 1 amide bonds. The van der Waals surface area contributed by atoms with Crippen LogP contribution in [0.15, 0.2) is 60.7 Å². The predicted octanol–water partition coefficient (Wildman–Crippen LogP) is 4.82. The van der Waals surface area contributed by atoms with E-state index in [-0.39, 0.29) is 25.1 Å². The highest BCUT2D eigenvalue weighted by Crippen LogP contribution is 2.36. The quantitative estimate of drug-likeness (QED) is 0.314. The van der Waals surface area contributed by atoms with Gasteiger partial charge in [-0.2, -0.15) is 0 Å². The minimum absolute atomic E-state index is 0.229. The number of fused-ring (bicyclic) bond motifs is 1. The zero-order valence-corrected chi connectivity index (χ0v) is 22.3. The number of hydrogen-bond acceptors (Lipinski definition) is 7. The van der Waals surface area contributed by atoms with Gasteiger partial charge >= 0.3 is 5.97 Å². The fourth-order valence-electron chi connectivity index (χ4n) is 4.86. The Bertz CT molecular complexity index is 1000. The molecule has 0 unspecified atom stereocenters. The highest BCUT2D eigenvalue weighted by molar-refractivity contribution is 5.73. The monoisotopic (exact) mass is 525 g/mol. The summed E-state index contributed by atoms with van der Waals surface area (Å²) >= 11 is 0. The Labute approximate surface area is 224 Å². The lowest BCUT2D eigenvalue weighted by atomic mass is 9.95. The second kappa shape index (κ2) is 14.4. The first-order valence-corrected chi connectivity index (χ1v) is 13.6. The average Bonchev–Trinajstić information content (AvgIpc) is 2.93. The van der Waals surface area contributed by atoms with Crippen molar-refractivity contribution in [1.82, 2.24) is 5.32 Å². The Morgan fingerprint density at radius 1 is 0.947 bits per heavy atom. The molecule has 206 valence electrons. The molecule has 2 saturated heterocycles. The second-order valence-electron chi connectivity index (χ2n) is 9.86. The highest BCUT2D eigenvalue weighted by Gasteiger charge is 2.52. The maximum Gasteiger partial charge on any atom is 0.306 e. The third-order valence-corrected chi connectivity index (χ3v) is 6.79. The van der Waals surface area contributed by atoms with E-state index < -0.39 is 36.9 Å². The van der Waals surface area contributed by atoms with Gasteiger partial charge in [0.1, 0.15) is 18.2 Å². The van der Waals surface area contributed by atoms with Crippen LogP contribution >= 0.6 is 0 Å². The summed E-state index contributed by atoms with van der Waals surface area (Å²) in [5.41, 5.74) is 1.81. The van der Waals surface area contributed by atoms with Gasteiger partial charge in [-0.15, -0.1) is 0 Å². The Balaban J connectivity index is 1.52. The fourth-order valence-corrected chi connectivity index (χ4v) is 4.86. The van der Waals surface area contributed by atoms with Gasteiger partial charge in [-0.1, -0.05) is 93.3 Å². The van der Waals surface area contributed by atoms with Gasteiger partial charge in [-0.05, 0) is 12.0 Å². The van der Waals surface area contributed by atoms with E-state index in [1.54, 1.807) is 0 Å². The Kier molecular flexibility index (Phi) is 10.7. The van der Waals surface area contributed by atoms with Gasteiger partial charge in [-0.3, -0.25) is 9.59 Å². The minimum atomic E-state index is -0.858. The molecule has 4 rings (SSSR count). The molecule has 0 bridgehead atoms. The van der Waals surface area contributed by atoms with Crippen LogP contribution in [-0.4, -0.2) is 49.1 Å². The Hall–Kier alpha value is -2.78. The van der Waals surface area contributed by atoms with Crippen molar-refractivity contribution in [3.8, 4) is 0 Å². The van der Waals surface area contributed by atoms with Crippen LogP contribution < -0.4 is 5.32 Å². The molecule has 2 aliphatic heterocycles. The van der Waals surface area contributed by atoms with Crippen LogP contribution in [0.2, 0.25) is 0 Å². The maximum absolute atomic E-state index is 13.0. The number of carbonyl (C=O) groups is 2. The SMILES string of the molecule is CCCCCCCC(=O)O[C@H]1[C@H](NC(C)=O)[C@H](OCc2ccccc2)O[C@H]2CO[C@H](c3ccccc3)O[C@@H]12. The molecule has 6 atom stereocenters. The van der Waals surface area contributed by atoms with Crippen molar-refractivity contribution in [2.45, 2.75) is 95.9 Å². The zero-order chi connectivity index (χ0) is 26.7. The first-order chi connectivity index (χ1) is 18.5. The highest BCUT2D eigenvalue weighted by atomic mass is 16.8. The number of amides is 1. The molecule has 2 aromatic rings. The summed E-state index contributed by atoms with van der Waals surface area (Å²) < 4.78 is 30.8. The molecule has 8 nitrogen and oxygen atoms in total. The van der Waals surface area contributed by atoms with E-state index in [9.17, 15) is 9.59 Å². The van der Waals surface area contributed by atoms with Crippen LogP contribution in [0.4, 0.5) is 0 Å². The number of esters is 1. The molecule has 0 radical (unpaired) electrons. The second-order valence-corrected chi connectivity index (χ2v) is 9.86. The topological polar surface area (TPSA) is 92.3 Å². The van der Waals surface area contributed by atoms with Gasteiger partial charge in [-0.25, -0.2) is 0 Å². The predicted molar refractivity (Wildman–Crippen MR) is 141 cm³/mol. The molecule has 0 aliphatic carbocycles. The van der Waals surface area contributed by atoms with Crippen LogP contribution in [0.25, 0.3) is 0 Å². The lowest BCUT2D eigenvalue weighted by molar-refractivity contribution is -0.346. The summed E-state index contributed by atoms with van der Waals surface area (Å²) in [5.74, 6) is -0.603. The molecule has 2 fully saturated rings. The van der Waals surface area contributed by atoms with Gasteiger partial charge in [0.2, 0.25) is 5.91 Å². The van der Waals surface area contributed by atoms with Gasteiger partial charge in [0.05, 0.1) is 13.2 Å². The van der Waals surface area contributed by atoms with E-state index in [1.165, 1.54) is 6.92 Å². The number of ether oxygens (including phenoxy) is 5. The molecule has 0 spiro atoms. The van der Waals surface area contributed by atoms with Gasteiger partial charge in [0, 0.05) is 18.9 Å². The summed E-state index contributed by atoms with van der Waals surface area (Å²) in [6, 6.07) is 18.5. The molecule has 8 heteroatoms. The van der Waals surface area contributed by atoms with Crippen LogP contribution in [0, 0.1) is 0 Å². The molecule has 0 aromatic heterocycles. The molecule has 0 saturated carbocycles. The Morgan fingerprint density at radius 3 is 2.37 bits per heavy atom. The van der Waals surface area contributed by atoms with E-state index in [2.05, 4.69) is 12.2 Å². The van der Waals surface area contributed by atoms with Crippen LogP contribution in [-0.2, 0) is 39.9 Å². The van der Waals surface area contributed by atoms with E-state index in [4.69, 9.17) is 23.7 Å². The average molecular weight is 526 g/mol. The third-order valence-electron chi connectivity index (χ3n) is 6.79. The van der Waals surface area contributed by atoms with Crippen molar-refractivity contribution in [1.29, 1.82) is 0 Å². The van der Waals surface area contributed by atoms with Crippen molar-refractivity contribution < 1.29 is 33.3 Å². The molecule has 2 aliphatic rings. The van der Waals surface area contributed by atoms with E-state index in [0.29, 0.717) is 6.42 Å². The van der Waals surface area contributed by atoms with Crippen molar-refractivity contribution >= 4 is 11.9 Å². The lowest BCUT2D eigenvalue weighted by Crippen LogP contribution is -2.67. The van der Waals surface area contributed by atoms with Crippen LogP contribution in [0.5, 0.6) is 0 Å². The third kappa shape index (κ3) is 7.86. The van der Waals surface area contributed by atoms with E-state index in [1.807, 2.05) is 60.7 Å². The summed E-state index contributed by atoms with van der Waals surface area (Å²) in [5, 5.41) is 2.91. The van der Waals surface area contributed by atoms with E-state index >= 15 is 0 Å².